The zero-order chi connectivity index (χ0) is 52.0. The zero-order valence-corrected chi connectivity index (χ0v) is 49.8. The molecule has 412 valence electrons. The summed E-state index contributed by atoms with van der Waals surface area (Å²) in [6.45, 7) is 36.6. The average Bonchev–Trinajstić information content (AvgIpc) is 4.08. The van der Waals surface area contributed by atoms with E-state index in [1.807, 2.05) is 6.08 Å². The SMILES string of the molecule is C=CCC1O[C@@H]2C3O[C@@H]4C[C@](CCC5CC(=C)[C@H](CCC6CC(C)C(=C)C(CC7O[C@H](CC(CO[Si](CC)(CC)CC)O[Si](CC)(CC)CC)[C@H](OC)C7CC=O)O6)O5)(OC3C1O[Si](CC)(CC)CC)OC24. The van der Waals surface area contributed by atoms with E-state index in [4.69, 9.17) is 51.2 Å². The highest BCUT2D eigenvalue weighted by molar-refractivity contribution is 6.74. The minimum atomic E-state index is -2.00. The van der Waals surface area contributed by atoms with Gasteiger partial charge in [0.15, 0.2) is 30.7 Å². The fourth-order valence-electron chi connectivity index (χ4n) is 14.2. The molecule has 0 aromatic heterocycles. The van der Waals surface area contributed by atoms with Gasteiger partial charge in [0.05, 0.1) is 67.6 Å². The van der Waals surface area contributed by atoms with Crippen molar-refractivity contribution in [1.29, 1.82) is 0 Å². The smallest absolute Gasteiger partial charge is 0.192 e. The highest BCUT2D eigenvalue weighted by Gasteiger charge is 2.68. The minimum absolute atomic E-state index is 0.0317. The topological polar surface area (TPSA) is 119 Å². The molecule has 0 amide bonds. The molecule has 72 heavy (non-hydrogen) atoms. The quantitative estimate of drug-likeness (QED) is 0.0374. The summed E-state index contributed by atoms with van der Waals surface area (Å²) < 4.78 is 76.3. The van der Waals surface area contributed by atoms with Crippen molar-refractivity contribution in [2.75, 3.05) is 13.7 Å². The van der Waals surface area contributed by atoms with Crippen LogP contribution in [0.2, 0.25) is 54.4 Å². The van der Waals surface area contributed by atoms with Gasteiger partial charge in [-0.25, -0.2) is 0 Å². The predicted molar refractivity (Wildman–Crippen MR) is 292 cm³/mol. The number of hydrogen-bond donors (Lipinski definition) is 0. The molecule has 18 atom stereocenters. The lowest BCUT2D eigenvalue weighted by atomic mass is 9.82. The van der Waals surface area contributed by atoms with Crippen LogP contribution in [0, 0.1) is 11.8 Å². The molecule has 8 fully saturated rings. The third-order valence-electron chi connectivity index (χ3n) is 19.6. The van der Waals surface area contributed by atoms with Crippen molar-refractivity contribution in [2.24, 2.45) is 11.8 Å². The number of carbonyl (C=O) groups excluding carboxylic acids is 1. The first-order valence-corrected chi connectivity index (χ1v) is 36.8. The van der Waals surface area contributed by atoms with Gasteiger partial charge in [-0.2, -0.15) is 0 Å². The van der Waals surface area contributed by atoms with Gasteiger partial charge in [0, 0.05) is 45.1 Å². The molecule has 0 spiro atoms. The molecule has 6 bridgehead atoms. The summed E-state index contributed by atoms with van der Waals surface area (Å²) in [5.41, 5.74) is 2.25. The van der Waals surface area contributed by atoms with Crippen LogP contribution in [0.3, 0.4) is 0 Å². The molecule has 0 aliphatic carbocycles. The van der Waals surface area contributed by atoms with Gasteiger partial charge in [-0.15, -0.1) is 6.58 Å². The summed E-state index contributed by atoms with van der Waals surface area (Å²) in [7, 11) is -4.07. The van der Waals surface area contributed by atoms with Gasteiger partial charge in [-0.3, -0.25) is 0 Å². The maximum absolute atomic E-state index is 12.3. The molecule has 12 unspecified atom stereocenters. The Labute approximate surface area is 439 Å². The van der Waals surface area contributed by atoms with Crippen LogP contribution >= 0.6 is 0 Å². The molecule has 0 aromatic rings. The molecule has 8 rings (SSSR count). The van der Waals surface area contributed by atoms with Crippen LogP contribution in [0.5, 0.6) is 0 Å². The molecular formula is C57H100O12Si3. The lowest BCUT2D eigenvalue weighted by Crippen LogP contribution is -2.62. The van der Waals surface area contributed by atoms with Gasteiger partial charge >= 0.3 is 0 Å². The molecule has 8 saturated heterocycles. The van der Waals surface area contributed by atoms with Crippen LogP contribution in [0.15, 0.2) is 37.0 Å². The predicted octanol–water partition coefficient (Wildman–Crippen LogP) is 12.2. The van der Waals surface area contributed by atoms with Gasteiger partial charge < -0.3 is 56.0 Å². The second-order valence-corrected chi connectivity index (χ2v) is 37.3. The third-order valence-corrected chi connectivity index (χ3v) is 33.6. The first kappa shape index (κ1) is 58.8. The van der Waals surface area contributed by atoms with Crippen LogP contribution in [0.25, 0.3) is 0 Å². The van der Waals surface area contributed by atoms with Crippen LogP contribution in [-0.2, 0) is 56.0 Å². The van der Waals surface area contributed by atoms with Gasteiger partial charge in [0.25, 0.3) is 0 Å². The van der Waals surface area contributed by atoms with Crippen LogP contribution < -0.4 is 0 Å². The molecule has 8 aliphatic heterocycles. The Bertz CT molecular complexity index is 1750. The Kier molecular flexibility index (Phi) is 21.0. The van der Waals surface area contributed by atoms with E-state index in [0.717, 1.165) is 104 Å². The summed E-state index contributed by atoms with van der Waals surface area (Å²) >= 11 is 0. The number of rotatable bonds is 31. The molecule has 0 radical (unpaired) electrons. The Morgan fingerprint density at radius 1 is 0.694 bits per heavy atom. The molecular weight excluding hydrogens is 961 g/mol. The van der Waals surface area contributed by atoms with Gasteiger partial charge in [0.1, 0.15) is 36.8 Å². The second-order valence-electron chi connectivity index (χ2n) is 23.1. The van der Waals surface area contributed by atoms with Gasteiger partial charge in [-0.1, -0.05) is 88.5 Å². The fourth-order valence-corrected chi connectivity index (χ4v) is 22.5. The van der Waals surface area contributed by atoms with E-state index < -0.39 is 30.7 Å². The second kappa shape index (κ2) is 25.7. The summed E-state index contributed by atoms with van der Waals surface area (Å²) in [6, 6.07) is 9.65. The molecule has 0 aromatic carbocycles. The van der Waals surface area contributed by atoms with Gasteiger partial charge in [-0.05, 0) is 110 Å². The Morgan fingerprint density at radius 2 is 1.33 bits per heavy atom. The lowest BCUT2D eigenvalue weighted by Gasteiger charge is -2.47. The minimum Gasteiger partial charge on any atom is -0.414 e. The lowest BCUT2D eigenvalue weighted by molar-refractivity contribution is -0.271. The number of carbonyl (C=O) groups is 1. The Balaban J connectivity index is 0.962. The standard InChI is InChI=1S/C57H100O12Si3/c1-15-25-46-53(69-72(22-8,23-9)24-10)56-55-54(64-46)52-50(65-55)36-57(66-52,67-56)30-28-42-33-39(12)45(61-42)27-26-41-32-38(11)40(13)47(62-41)35-48-44(29-31-58)51(59-14)49(63-48)34-43(68-71(19-5,20-6)21-7)37-60-70(16-2,17-3)18-4/h15,31,38,41-56H,1,12-13,16-30,32-37H2,2-11,14H3/t38?,41?,42?,43?,44?,45-,46?,47?,48?,49+,50+,51+,52?,53?,54-,55?,56?,57-/m0/s1. The first-order valence-electron chi connectivity index (χ1n) is 29.2. The maximum atomic E-state index is 12.3. The number of hydrogen-bond acceptors (Lipinski definition) is 12. The average molecular weight is 1060 g/mol. The van der Waals surface area contributed by atoms with Crippen molar-refractivity contribution in [3.05, 3.63) is 37.0 Å². The normalized spacial score (nSPS) is 38.2. The molecule has 8 aliphatic rings. The highest BCUT2D eigenvalue weighted by Crippen LogP contribution is 2.54. The van der Waals surface area contributed by atoms with Crippen LogP contribution in [0.4, 0.5) is 0 Å². The monoisotopic (exact) mass is 1060 g/mol. The van der Waals surface area contributed by atoms with E-state index in [9.17, 15) is 4.79 Å². The Hall–Kier alpha value is -0.899. The van der Waals surface area contributed by atoms with Crippen LogP contribution in [-0.4, -0.2) is 142 Å². The highest BCUT2D eigenvalue weighted by atomic mass is 28.4. The molecule has 0 saturated carbocycles. The number of methoxy groups -OCH3 is 1. The van der Waals surface area contributed by atoms with Crippen molar-refractivity contribution in [2.45, 2.75) is 292 Å². The summed E-state index contributed by atoms with van der Waals surface area (Å²) in [5.74, 6) is -0.573. The zero-order valence-electron chi connectivity index (χ0n) is 46.8. The number of aldehydes is 1. The van der Waals surface area contributed by atoms with Crippen molar-refractivity contribution < 1.29 is 56.0 Å². The van der Waals surface area contributed by atoms with Crippen molar-refractivity contribution >= 4 is 31.2 Å². The van der Waals surface area contributed by atoms with E-state index in [2.05, 4.69) is 89.0 Å². The van der Waals surface area contributed by atoms with Crippen molar-refractivity contribution in [3.8, 4) is 0 Å². The van der Waals surface area contributed by atoms with E-state index in [0.29, 0.717) is 45.1 Å². The molecule has 8 heterocycles. The third kappa shape index (κ3) is 12.5. The largest absolute Gasteiger partial charge is 0.414 e. The Morgan fingerprint density at radius 3 is 1.96 bits per heavy atom. The fraction of sp³-hybridized carbons (Fsp3) is 0.877. The van der Waals surface area contributed by atoms with E-state index in [1.165, 1.54) is 0 Å². The van der Waals surface area contributed by atoms with E-state index >= 15 is 0 Å². The van der Waals surface area contributed by atoms with Crippen LogP contribution in [0.1, 0.15) is 140 Å². The first-order chi connectivity index (χ1) is 34.6. The summed E-state index contributed by atoms with van der Waals surface area (Å²) in [6.07, 6.45) is 8.89. The van der Waals surface area contributed by atoms with E-state index in [-0.39, 0.29) is 103 Å². The summed E-state index contributed by atoms with van der Waals surface area (Å²) in [4.78, 5) is 12.3. The van der Waals surface area contributed by atoms with Crippen molar-refractivity contribution in [1.82, 2.24) is 0 Å². The molecule has 15 heteroatoms. The number of ether oxygens (including phenoxy) is 8. The summed E-state index contributed by atoms with van der Waals surface area (Å²) in [5, 5.41) is 0. The molecule has 0 N–H and O–H groups in total. The van der Waals surface area contributed by atoms with Crippen molar-refractivity contribution in [3.63, 3.8) is 0 Å². The maximum Gasteiger partial charge on any atom is 0.192 e. The molecule has 12 nitrogen and oxygen atoms in total. The van der Waals surface area contributed by atoms with Gasteiger partial charge in [0.2, 0.25) is 0 Å². The van der Waals surface area contributed by atoms with E-state index in [1.54, 1.807) is 7.11 Å².